The van der Waals surface area contributed by atoms with E-state index in [1.165, 1.54) is 51.0 Å². The molecule has 1 heterocycles. The monoisotopic (exact) mass is 1370 g/mol. The van der Waals surface area contributed by atoms with E-state index in [9.17, 15) is 38.7 Å². The number of aliphatic carboxylic acids is 1. The first kappa shape index (κ1) is 82.1. The summed E-state index contributed by atoms with van der Waals surface area (Å²) in [5.74, 6) is -4.03. The summed E-state index contributed by atoms with van der Waals surface area (Å²) >= 11 is 1.44. The highest BCUT2D eigenvalue weighted by Gasteiger charge is 2.37. The van der Waals surface area contributed by atoms with Crippen molar-refractivity contribution in [2.45, 2.75) is 173 Å². The molecule has 28 nitrogen and oxygen atoms in total. The van der Waals surface area contributed by atoms with Gasteiger partial charge in [-0.05, 0) is 171 Å². The molecule has 29 heteroatoms. The molecule has 9 amide bonds. The number of carbonyl (C=O) groups is 10. The number of nitrogens with zero attached hydrogens (tertiary/aromatic N) is 8. The highest BCUT2D eigenvalue weighted by Crippen LogP contribution is 2.33. The van der Waals surface area contributed by atoms with Gasteiger partial charge in [-0.25, -0.2) is 4.79 Å². The maximum atomic E-state index is 15.4. The van der Waals surface area contributed by atoms with Crippen LogP contribution in [0, 0.1) is 5.92 Å². The van der Waals surface area contributed by atoms with E-state index in [-0.39, 0.29) is 77.5 Å². The van der Waals surface area contributed by atoms with E-state index < -0.39 is 111 Å². The molecule has 0 aromatic heterocycles. The van der Waals surface area contributed by atoms with Crippen molar-refractivity contribution in [2.75, 3.05) is 150 Å². The topological polar surface area (TPSA) is 389 Å². The molecule has 2 aliphatic carbocycles. The Labute approximate surface area is 573 Å². The van der Waals surface area contributed by atoms with Crippen LogP contribution in [-0.2, 0) is 54.5 Å². The molecule has 1 aromatic carbocycles. The Hall–Kier alpha value is -6.37. The highest BCUT2D eigenvalue weighted by molar-refractivity contribution is 7.98. The van der Waals surface area contributed by atoms with Gasteiger partial charge >= 0.3 is 5.97 Å². The third-order valence-electron chi connectivity index (χ3n) is 17.7. The van der Waals surface area contributed by atoms with Gasteiger partial charge in [-0.1, -0.05) is 58.4 Å². The van der Waals surface area contributed by atoms with Crippen LogP contribution in [0.25, 0.3) is 0 Å². The molecule has 544 valence electrons. The maximum Gasteiger partial charge on any atom is 0.326 e. The molecule has 1 aliphatic heterocycles. The van der Waals surface area contributed by atoms with Gasteiger partial charge in [0.1, 0.15) is 25.7 Å². The van der Waals surface area contributed by atoms with E-state index in [1.54, 1.807) is 18.2 Å². The number of carboxylic acids is 1. The molecular weight excluding hydrogens is 1250 g/mol. The number of ether oxygens (including phenoxy) is 2. The van der Waals surface area contributed by atoms with Crippen LogP contribution in [0.4, 0.5) is 0 Å². The van der Waals surface area contributed by atoms with Gasteiger partial charge in [0, 0.05) is 51.4 Å². The van der Waals surface area contributed by atoms with Gasteiger partial charge in [-0.3, -0.25) is 43.2 Å². The minimum atomic E-state index is -1.19. The number of hydrogen-bond donors (Lipinski definition) is 8. The minimum absolute atomic E-state index is 0.0127. The zero-order valence-corrected chi connectivity index (χ0v) is 58.7. The largest absolute Gasteiger partial charge is 0.480 e. The first-order valence-corrected chi connectivity index (χ1v) is 36.5. The third-order valence-corrected chi connectivity index (χ3v) is 18.3. The number of rotatable bonds is 49. The Kier molecular flexibility index (Phi) is 40.0. The summed E-state index contributed by atoms with van der Waals surface area (Å²) in [5.41, 5.74) is 30.0. The number of unbranched alkanes of at least 4 members (excludes halogenated alkanes) is 5. The second-order valence-electron chi connectivity index (χ2n) is 25.9. The van der Waals surface area contributed by atoms with Crippen LogP contribution in [0.1, 0.15) is 154 Å². The van der Waals surface area contributed by atoms with Gasteiger partial charge in [0.05, 0.1) is 39.3 Å². The highest BCUT2D eigenvalue weighted by atomic mass is 32.2. The zero-order valence-electron chi connectivity index (χ0n) is 57.9. The molecule has 13 N–H and O–H groups in total. The summed E-state index contributed by atoms with van der Waals surface area (Å²) in [5, 5.41) is 15.6. The van der Waals surface area contributed by atoms with Crippen molar-refractivity contribution < 1.29 is 62.5 Å². The Morgan fingerprint density at radius 3 is 1.31 bits per heavy atom. The van der Waals surface area contributed by atoms with Gasteiger partial charge in [0.25, 0.3) is 0 Å². The molecule has 3 aliphatic rings. The standard InChI is InChI=1S/C67H117N15O13S/c1-51(2)39-73-40-59(84)76(33-16-11-28-69)43-60(85)77(34-17-12-29-70)44-61(86)78(35-18-13-30-71)45-62(87)79(36-19-14-31-72)46-63(88)80(41-52-24-25-56-57(38-52)95-50-94-56)47-65(90)82(54-22-8-5-9-23-54)49-66(91)81(53-20-6-4-7-21-53)48-64(89)75(32-15-10-27-68)42-58(83)74-55(67(92)93)26-37-96-3/h24-25,38,51,53-55,73H,4-23,26-37,39-50,68-72H2,1-3H3,(H,74,83)(H,92,93). The number of amides is 9. The summed E-state index contributed by atoms with van der Waals surface area (Å²) in [6.45, 7) is 3.63. The summed E-state index contributed by atoms with van der Waals surface area (Å²) in [7, 11) is 0. The van der Waals surface area contributed by atoms with Crippen molar-refractivity contribution in [3.8, 4) is 11.5 Å². The predicted molar refractivity (Wildman–Crippen MR) is 370 cm³/mol. The molecule has 0 spiro atoms. The number of nitrogens with one attached hydrogen (secondary N) is 2. The van der Waals surface area contributed by atoms with E-state index in [1.807, 2.05) is 20.1 Å². The lowest BCUT2D eigenvalue weighted by atomic mass is 9.93. The molecule has 1 unspecified atom stereocenters. The van der Waals surface area contributed by atoms with E-state index in [0.717, 1.165) is 38.5 Å². The third kappa shape index (κ3) is 30.2. The lowest BCUT2D eigenvalue weighted by Gasteiger charge is -2.39. The first-order valence-electron chi connectivity index (χ1n) is 35.1. The average Bonchev–Trinajstić information content (AvgIpc) is 1.11. The number of carbonyl (C=O) groups excluding carboxylic acids is 9. The zero-order chi connectivity index (χ0) is 70.2. The Balaban J connectivity index is 1.69. The smallest absolute Gasteiger partial charge is 0.326 e. The Bertz CT molecular complexity index is 2560. The molecular formula is C67H117N15O13S. The number of nitrogens with two attached hydrogens (primary N) is 5. The second-order valence-corrected chi connectivity index (χ2v) is 26.9. The summed E-state index contributed by atoms with van der Waals surface area (Å²) in [6.07, 6.45) is 14.6. The van der Waals surface area contributed by atoms with Crippen LogP contribution in [-0.4, -0.2) is 271 Å². The lowest BCUT2D eigenvalue weighted by molar-refractivity contribution is -0.151. The van der Waals surface area contributed by atoms with Crippen molar-refractivity contribution >= 4 is 70.9 Å². The number of hydrogen-bond acceptors (Lipinski definition) is 19. The molecule has 1 atom stereocenters. The van der Waals surface area contributed by atoms with Crippen molar-refractivity contribution in [1.29, 1.82) is 0 Å². The molecule has 0 saturated heterocycles. The van der Waals surface area contributed by atoms with Gasteiger partial charge < -0.3 is 93.1 Å². The lowest BCUT2D eigenvalue weighted by Crippen LogP contribution is -2.56. The van der Waals surface area contributed by atoms with Gasteiger partial charge in [-0.15, -0.1) is 0 Å². The summed E-state index contributed by atoms with van der Waals surface area (Å²) in [6, 6.07) is 3.27. The predicted octanol–water partition coefficient (Wildman–Crippen LogP) is 1.47. The molecule has 0 bridgehead atoms. The van der Waals surface area contributed by atoms with Crippen LogP contribution < -0.4 is 48.8 Å². The van der Waals surface area contributed by atoms with Gasteiger partial charge in [0.15, 0.2) is 11.5 Å². The minimum Gasteiger partial charge on any atom is -0.480 e. The van der Waals surface area contributed by atoms with Crippen LogP contribution in [0.2, 0.25) is 0 Å². The van der Waals surface area contributed by atoms with Crippen LogP contribution in [0.5, 0.6) is 11.5 Å². The SMILES string of the molecule is CSCCC(NC(=O)CN(CCCCN)C(=O)CN(C(=O)CN(C(=O)CN(Cc1ccc2c(c1)OCO2)C(=O)CN(CCCCN)C(=O)CN(CCCCN)C(=O)CN(CCCCN)C(=O)CN(CCCCN)C(=O)CNCC(C)C)C1CCCCC1)C1CCCCC1)C(=O)O. The quantitative estimate of drug-likeness (QED) is 0.0428. The van der Waals surface area contributed by atoms with Crippen LogP contribution in [0.3, 0.4) is 0 Å². The van der Waals surface area contributed by atoms with Crippen LogP contribution >= 0.6 is 11.8 Å². The van der Waals surface area contributed by atoms with Crippen molar-refractivity contribution in [2.24, 2.45) is 34.6 Å². The molecule has 0 radical (unpaired) electrons. The number of fused-ring (bicyclic) bond motifs is 1. The van der Waals surface area contributed by atoms with Crippen molar-refractivity contribution in [3.63, 3.8) is 0 Å². The number of benzene rings is 1. The van der Waals surface area contributed by atoms with Crippen molar-refractivity contribution in [3.05, 3.63) is 23.8 Å². The second kappa shape index (κ2) is 46.8. The Morgan fingerprint density at radius 2 is 0.885 bits per heavy atom. The van der Waals surface area contributed by atoms with Crippen LogP contribution in [0.15, 0.2) is 18.2 Å². The first-order chi connectivity index (χ1) is 46.3. The molecule has 96 heavy (non-hydrogen) atoms. The van der Waals surface area contributed by atoms with E-state index >= 15 is 14.4 Å². The molecule has 4 rings (SSSR count). The molecule has 1 aromatic rings. The fourth-order valence-corrected chi connectivity index (χ4v) is 12.6. The van der Waals surface area contributed by atoms with E-state index in [0.29, 0.717) is 158 Å². The number of carboxylic acid groups (broad SMARTS) is 1. The van der Waals surface area contributed by atoms with Gasteiger partial charge in [0.2, 0.25) is 60.0 Å². The number of thioether (sulfide) groups is 1. The Morgan fingerprint density at radius 1 is 0.500 bits per heavy atom. The van der Waals surface area contributed by atoms with Gasteiger partial charge in [-0.2, -0.15) is 11.8 Å². The fraction of sp³-hybridized carbons (Fsp3) is 0.761. The average molecular weight is 1370 g/mol. The summed E-state index contributed by atoms with van der Waals surface area (Å²) in [4.78, 5) is 155. The molecule has 2 fully saturated rings. The fourth-order valence-electron chi connectivity index (χ4n) is 12.1. The van der Waals surface area contributed by atoms with E-state index in [2.05, 4.69) is 10.6 Å². The summed E-state index contributed by atoms with van der Waals surface area (Å²) < 4.78 is 11.3. The maximum absolute atomic E-state index is 15.4. The molecule has 2 saturated carbocycles. The normalized spacial score (nSPS) is 14.2. The van der Waals surface area contributed by atoms with E-state index in [4.69, 9.17) is 38.1 Å². The van der Waals surface area contributed by atoms with Crippen molar-refractivity contribution in [1.82, 2.24) is 49.8 Å².